The van der Waals surface area contributed by atoms with Crippen molar-refractivity contribution in [3.8, 4) is 11.6 Å². The second-order valence-corrected chi connectivity index (χ2v) is 4.29. The molecule has 2 rings (SSSR count). The SMILES string of the molecule is Cc1ccc(Oc2cc(C)[nH]n2)c(C(N)=S)c1. The molecule has 0 unspecified atom stereocenters. The molecule has 0 bridgehead atoms. The predicted molar refractivity (Wildman–Crippen MR) is 70.5 cm³/mol. The second kappa shape index (κ2) is 4.55. The molecule has 17 heavy (non-hydrogen) atoms. The van der Waals surface area contributed by atoms with Gasteiger partial charge >= 0.3 is 0 Å². The molecule has 0 saturated heterocycles. The van der Waals surface area contributed by atoms with Gasteiger partial charge in [-0.05, 0) is 26.0 Å². The number of aromatic nitrogens is 2. The van der Waals surface area contributed by atoms with E-state index in [0.29, 0.717) is 16.6 Å². The average Bonchev–Trinajstić information content (AvgIpc) is 2.66. The van der Waals surface area contributed by atoms with Crippen LogP contribution in [0.5, 0.6) is 11.6 Å². The maximum absolute atomic E-state index is 5.67. The molecule has 2 aromatic rings. The van der Waals surface area contributed by atoms with Gasteiger partial charge in [0.2, 0.25) is 5.88 Å². The molecule has 0 aliphatic rings. The van der Waals surface area contributed by atoms with E-state index in [1.54, 1.807) is 0 Å². The van der Waals surface area contributed by atoms with Crippen LogP contribution in [0.15, 0.2) is 24.3 Å². The molecular weight excluding hydrogens is 234 g/mol. The smallest absolute Gasteiger partial charge is 0.238 e. The van der Waals surface area contributed by atoms with Crippen molar-refractivity contribution in [3.63, 3.8) is 0 Å². The first-order chi connectivity index (χ1) is 8.06. The molecule has 3 N–H and O–H groups in total. The number of nitrogens with one attached hydrogen (secondary N) is 1. The van der Waals surface area contributed by atoms with Gasteiger partial charge in [-0.3, -0.25) is 5.10 Å². The first kappa shape index (κ1) is 11.6. The number of aromatic amines is 1. The average molecular weight is 247 g/mol. The molecule has 0 saturated carbocycles. The number of nitrogens with two attached hydrogens (primary N) is 1. The molecule has 0 atom stereocenters. The highest BCUT2D eigenvalue weighted by molar-refractivity contribution is 7.80. The summed E-state index contributed by atoms with van der Waals surface area (Å²) in [7, 11) is 0. The van der Waals surface area contributed by atoms with Crippen molar-refractivity contribution in [2.75, 3.05) is 0 Å². The number of H-pyrrole nitrogens is 1. The summed E-state index contributed by atoms with van der Waals surface area (Å²) in [5.41, 5.74) is 8.40. The number of hydrogen-bond acceptors (Lipinski definition) is 3. The highest BCUT2D eigenvalue weighted by Gasteiger charge is 2.09. The monoisotopic (exact) mass is 247 g/mol. The normalized spacial score (nSPS) is 10.2. The zero-order valence-electron chi connectivity index (χ0n) is 9.65. The Balaban J connectivity index is 2.35. The van der Waals surface area contributed by atoms with Gasteiger partial charge in [-0.25, -0.2) is 0 Å². The van der Waals surface area contributed by atoms with E-state index >= 15 is 0 Å². The fourth-order valence-corrected chi connectivity index (χ4v) is 1.64. The van der Waals surface area contributed by atoms with Crippen LogP contribution in [-0.4, -0.2) is 15.2 Å². The lowest BCUT2D eigenvalue weighted by Gasteiger charge is -2.08. The molecule has 0 spiro atoms. The Morgan fingerprint density at radius 2 is 2.12 bits per heavy atom. The molecule has 0 aliphatic heterocycles. The standard InChI is InChI=1S/C12H13N3OS/c1-7-3-4-10(9(5-7)12(13)17)16-11-6-8(2)14-15-11/h3-6H,1-2H3,(H2,13,17)(H,14,15). The quantitative estimate of drug-likeness (QED) is 0.818. The fourth-order valence-electron chi connectivity index (χ4n) is 1.48. The molecule has 88 valence electrons. The van der Waals surface area contributed by atoms with Gasteiger partial charge in [0.15, 0.2) is 0 Å². The lowest BCUT2D eigenvalue weighted by Crippen LogP contribution is -2.11. The first-order valence-corrected chi connectivity index (χ1v) is 5.57. The molecule has 0 aliphatic carbocycles. The van der Waals surface area contributed by atoms with Crippen molar-refractivity contribution >= 4 is 17.2 Å². The minimum absolute atomic E-state index is 0.316. The summed E-state index contributed by atoms with van der Waals surface area (Å²) < 4.78 is 5.64. The van der Waals surface area contributed by atoms with Gasteiger partial charge < -0.3 is 10.5 Å². The number of rotatable bonds is 3. The highest BCUT2D eigenvalue weighted by atomic mass is 32.1. The first-order valence-electron chi connectivity index (χ1n) is 5.16. The van der Waals surface area contributed by atoms with Gasteiger partial charge in [0.25, 0.3) is 0 Å². The van der Waals surface area contributed by atoms with Crippen LogP contribution in [0.3, 0.4) is 0 Å². The largest absolute Gasteiger partial charge is 0.437 e. The van der Waals surface area contributed by atoms with Gasteiger partial charge in [0.1, 0.15) is 10.7 Å². The van der Waals surface area contributed by atoms with Crippen molar-refractivity contribution in [1.82, 2.24) is 10.2 Å². The van der Waals surface area contributed by atoms with Crippen LogP contribution in [-0.2, 0) is 0 Å². The zero-order chi connectivity index (χ0) is 12.4. The van der Waals surface area contributed by atoms with Gasteiger partial charge in [-0.1, -0.05) is 23.8 Å². The van der Waals surface area contributed by atoms with E-state index in [2.05, 4.69) is 10.2 Å². The van der Waals surface area contributed by atoms with Crippen molar-refractivity contribution in [3.05, 3.63) is 41.1 Å². The molecule has 1 heterocycles. The van der Waals surface area contributed by atoms with Gasteiger partial charge in [0.05, 0.1) is 5.56 Å². The van der Waals surface area contributed by atoms with E-state index in [-0.39, 0.29) is 0 Å². The third-order valence-corrected chi connectivity index (χ3v) is 2.52. The fraction of sp³-hybridized carbons (Fsp3) is 0.167. The predicted octanol–water partition coefficient (Wildman–Crippen LogP) is 2.45. The minimum atomic E-state index is 0.316. The van der Waals surface area contributed by atoms with E-state index in [1.807, 2.05) is 38.1 Å². The molecule has 0 amide bonds. The molecule has 0 radical (unpaired) electrons. The Morgan fingerprint density at radius 3 is 2.71 bits per heavy atom. The molecular formula is C12H13N3OS. The van der Waals surface area contributed by atoms with Crippen LogP contribution in [0, 0.1) is 13.8 Å². The molecule has 4 nitrogen and oxygen atoms in total. The summed E-state index contributed by atoms with van der Waals surface area (Å²) in [6, 6.07) is 7.49. The summed E-state index contributed by atoms with van der Waals surface area (Å²) in [6.45, 7) is 3.88. The number of thiocarbonyl (C=S) groups is 1. The van der Waals surface area contributed by atoms with Crippen LogP contribution >= 0.6 is 12.2 Å². The third kappa shape index (κ3) is 2.62. The van der Waals surface area contributed by atoms with Crippen LogP contribution in [0.2, 0.25) is 0 Å². The second-order valence-electron chi connectivity index (χ2n) is 3.86. The topological polar surface area (TPSA) is 63.9 Å². The zero-order valence-corrected chi connectivity index (χ0v) is 10.5. The number of hydrogen-bond donors (Lipinski definition) is 2. The van der Waals surface area contributed by atoms with E-state index in [9.17, 15) is 0 Å². The van der Waals surface area contributed by atoms with Crippen molar-refractivity contribution in [2.45, 2.75) is 13.8 Å². The van der Waals surface area contributed by atoms with Crippen LogP contribution < -0.4 is 10.5 Å². The summed E-state index contributed by atoms with van der Waals surface area (Å²) in [5.74, 6) is 1.12. The number of nitrogens with zero attached hydrogens (tertiary/aromatic N) is 1. The van der Waals surface area contributed by atoms with E-state index in [0.717, 1.165) is 16.8 Å². The van der Waals surface area contributed by atoms with Crippen LogP contribution in [0.25, 0.3) is 0 Å². The minimum Gasteiger partial charge on any atom is -0.437 e. The van der Waals surface area contributed by atoms with Crippen molar-refractivity contribution in [2.24, 2.45) is 5.73 Å². The van der Waals surface area contributed by atoms with Gasteiger partial charge in [0, 0.05) is 11.8 Å². The van der Waals surface area contributed by atoms with Crippen molar-refractivity contribution in [1.29, 1.82) is 0 Å². The molecule has 1 aromatic carbocycles. The highest BCUT2D eigenvalue weighted by Crippen LogP contribution is 2.25. The van der Waals surface area contributed by atoms with Crippen molar-refractivity contribution < 1.29 is 4.74 Å². The Kier molecular flexibility index (Phi) is 3.10. The van der Waals surface area contributed by atoms with E-state index in [1.165, 1.54) is 0 Å². The van der Waals surface area contributed by atoms with E-state index in [4.69, 9.17) is 22.7 Å². The number of ether oxygens (including phenoxy) is 1. The van der Waals surface area contributed by atoms with Gasteiger partial charge in [-0.2, -0.15) is 0 Å². The summed E-state index contributed by atoms with van der Waals surface area (Å²) in [5, 5.41) is 6.81. The number of aryl methyl sites for hydroxylation is 2. The summed E-state index contributed by atoms with van der Waals surface area (Å²) in [6.07, 6.45) is 0. The Morgan fingerprint density at radius 1 is 1.35 bits per heavy atom. The summed E-state index contributed by atoms with van der Waals surface area (Å²) in [4.78, 5) is 0.316. The number of benzene rings is 1. The lowest BCUT2D eigenvalue weighted by molar-refractivity contribution is 0.460. The maximum Gasteiger partial charge on any atom is 0.238 e. The maximum atomic E-state index is 5.67. The van der Waals surface area contributed by atoms with Gasteiger partial charge in [-0.15, -0.1) is 5.10 Å². The Bertz CT molecular complexity index is 563. The van der Waals surface area contributed by atoms with Crippen LogP contribution in [0.1, 0.15) is 16.8 Å². The summed E-state index contributed by atoms with van der Waals surface area (Å²) >= 11 is 5.00. The Labute approximate surface area is 105 Å². The third-order valence-electron chi connectivity index (χ3n) is 2.30. The lowest BCUT2D eigenvalue weighted by atomic mass is 10.1. The molecule has 0 fully saturated rings. The Hall–Kier alpha value is -1.88. The van der Waals surface area contributed by atoms with Crippen LogP contribution in [0.4, 0.5) is 0 Å². The van der Waals surface area contributed by atoms with E-state index < -0.39 is 0 Å². The molecule has 1 aromatic heterocycles. The molecule has 5 heteroatoms.